The van der Waals surface area contributed by atoms with Crippen molar-refractivity contribution in [1.29, 1.82) is 0 Å². The Labute approximate surface area is 209 Å². The molecule has 0 aliphatic heterocycles. The summed E-state index contributed by atoms with van der Waals surface area (Å²) < 4.78 is 29.5. The van der Waals surface area contributed by atoms with Crippen LogP contribution < -0.4 is 10.3 Å². The van der Waals surface area contributed by atoms with Crippen LogP contribution in [0.5, 0.6) is 5.75 Å². The molecule has 0 amide bonds. The van der Waals surface area contributed by atoms with Crippen LogP contribution in [0.1, 0.15) is 30.5 Å². The number of rotatable bonds is 13. The van der Waals surface area contributed by atoms with E-state index in [4.69, 9.17) is 23.4 Å². The van der Waals surface area contributed by atoms with Crippen LogP contribution in [-0.2, 0) is 27.9 Å². The molecule has 0 saturated carbocycles. The number of aryl methyl sites for hydroxylation is 1. The van der Waals surface area contributed by atoms with Gasteiger partial charge in [0.05, 0.1) is 31.2 Å². The fourth-order valence-electron chi connectivity index (χ4n) is 3.34. The summed E-state index contributed by atoms with van der Waals surface area (Å²) in [7, 11) is 1.58. The van der Waals surface area contributed by atoms with Gasteiger partial charge in [-0.2, -0.15) is 5.10 Å². The number of fused-ring (bicyclic) bond motifs is 1. The van der Waals surface area contributed by atoms with Crippen LogP contribution in [0.3, 0.4) is 0 Å². The maximum Gasteiger partial charge on any atom is 0.266 e. The van der Waals surface area contributed by atoms with Crippen molar-refractivity contribution in [2.75, 3.05) is 33.0 Å². The lowest BCUT2D eigenvalue weighted by Gasteiger charge is -2.10. The molecule has 0 radical (unpaired) electrons. The highest BCUT2D eigenvalue weighted by Crippen LogP contribution is 2.24. The van der Waals surface area contributed by atoms with Crippen LogP contribution in [0.15, 0.2) is 51.8 Å². The Hall–Kier alpha value is -3.60. The zero-order valence-electron chi connectivity index (χ0n) is 20.5. The van der Waals surface area contributed by atoms with Gasteiger partial charge in [0, 0.05) is 32.9 Å². The summed E-state index contributed by atoms with van der Waals surface area (Å²) in [6.07, 6.45) is 9.75. The van der Waals surface area contributed by atoms with E-state index in [0.29, 0.717) is 55.2 Å². The molecule has 190 valence electrons. The first kappa shape index (κ1) is 25.5. The highest BCUT2D eigenvalue weighted by Gasteiger charge is 2.16. The zero-order chi connectivity index (χ0) is 25.2. The molecule has 4 rings (SSSR count). The first-order valence-electron chi connectivity index (χ1n) is 11.9. The summed E-state index contributed by atoms with van der Waals surface area (Å²) >= 11 is 0. The SMILES string of the molecule is CCOCCCOCCOc1ccc(COC2C=Cc3nc(-c4ccc(=O)n(C)n4)oc3C=C2)nc1. The number of aromatic nitrogens is 4. The van der Waals surface area contributed by atoms with Crippen LogP contribution in [0.2, 0.25) is 0 Å². The minimum absolute atomic E-state index is 0.197. The first-order chi connectivity index (χ1) is 17.6. The molecule has 3 heterocycles. The Morgan fingerprint density at radius 2 is 1.89 bits per heavy atom. The lowest BCUT2D eigenvalue weighted by molar-refractivity contribution is 0.0714. The molecular weight excluding hydrogens is 464 g/mol. The summed E-state index contributed by atoms with van der Waals surface area (Å²) in [5.41, 5.74) is 1.75. The summed E-state index contributed by atoms with van der Waals surface area (Å²) in [4.78, 5) is 20.4. The normalized spacial score (nSPS) is 14.6. The molecule has 1 atom stereocenters. The van der Waals surface area contributed by atoms with Crippen molar-refractivity contribution in [2.45, 2.75) is 26.1 Å². The third kappa shape index (κ3) is 7.20. The number of pyridine rings is 1. The standard InChI is InChI=1S/C26H30N4O6/c1-3-32-13-4-14-33-15-16-34-21-6-5-19(27-17-21)18-35-20-7-9-22-24(11-8-20)36-26(28-22)23-10-12-25(31)30(2)29-23/h5-12,17,20H,3-4,13-16,18H2,1-2H3. The quantitative estimate of drug-likeness (QED) is 0.331. The molecule has 0 saturated heterocycles. The second-order valence-electron chi connectivity index (χ2n) is 7.94. The molecule has 3 aromatic rings. The van der Waals surface area contributed by atoms with Crippen molar-refractivity contribution in [3.63, 3.8) is 0 Å². The number of nitrogens with zero attached hydrogens (tertiary/aromatic N) is 4. The van der Waals surface area contributed by atoms with Crippen molar-refractivity contribution in [3.05, 3.63) is 70.1 Å². The molecule has 36 heavy (non-hydrogen) atoms. The van der Waals surface area contributed by atoms with E-state index in [0.717, 1.165) is 25.3 Å². The minimum atomic E-state index is -0.258. The van der Waals surface area contributed by atoms with Gasteiger partial charge >= 0.3 is 0 Å². The smallest absolute Gasteiger partial charge is 0.266 e. The first-order valence-corrected chi connectivity index (χ1v) is 11.9. The Balaban J connectivity index is 1.21. The maximum absolute atomic E-state index is 11.6. The van der Waals surface area contributed by atoms with E-state index in [-0.39, 0.29) is 11.7 Å². The van der Waals surface area contributed by atoms with E-state index in [2.05, 4.69) is 15.1 Å². The monoisotopic (exact) mass is 494 g/mol. The average Bonchev–Trinajstić information content (AvgIpc) is 3.21. The van der Waals surface area contributed by atoms with E-state index in [1.807, 2.05) is 43.4 Å². The summed E-state index contributed by atoms with van der Waals surface area (Å²) in [5.74, 6) is 1.63. The van der Waals surface area contributed by atoms with Crippen molar-refractivity contribution in [1.82, 2.24) is 19.7 Å². The number of hydrogen-bond donors (Lipinski definition) is 0. The van der Waals surface area contributed by atoms with Crippen molar-refractivity contribution < 1.29 is 23.4 Å². The largest absolute Gasteiger partial charge is 0.490 e. The number of ether oxygens (including phenoxy) is 4. The molecule has 1 unspecified atom stereocenters. The molecule has 10 heteroatoms. The van der Waals surface area contributed by atoms with Crippen LogP contribution in [0, 0.1) is 0 Å². The molecule has 10 nitrogen and oxygen atoms in total. The predicted octanol–water partition coefficient (Wildman–Crippen LogP) is 3.28. The molecule has 0 spiro atoms. The van der Waals surface area contributed by atoms with Gasteiger partial charge in [-0.15, -0.1) is 0 Å². The molecule has 1 aliphatic carbocycles. The fourth-order valence-corrected chi connectivity index (χ4v) is 3.34. The van der Waals surface area contributed by atoms with Crippen LogP contribution in [0.4, 0.5) is 0 Å². The van der Waals surface area contributed by atoms with E-state index in [9.17, 15) is 4.79 Å². The Morgan fingerprint density at radius 1 is 1.03 bits per heavy atom. The molecule has 3 aromatic heterocycles. The van der Waals surface area contributed by atoms with Crippen LogP contribution in [0.25, 0.3) is 23.7 Å². The minimum Gasteiger partial charge on any atom is -0.490 e. The maximum atomic E-state index is 11.6. The molecule has 0 N–H and O–H groups in total. The summed E-state index contributed by atoms with van der Waals surface area (Å²) in [6.45, 7) is 5.41. The van der Waals surface area contributed by atoms with Gasteiger partial charge in [-0.1, -0.05) is 0 Å². The molecule has 0 fully saturated rings. The lowest BCUT2D eigenvalue weighted by atomic mass is 10.3. The Bertz CT molecular complexity index is 1200. The van der Waals surface area contributed by atoms with E-state index in [1.165, 1.54) is 10.7 Å². The van der Waals surface area contributed by atoms with Gasteiger partial charge in [0.15, 0.2) is 5.76 Å². The van der Waals surface area contributed by atoms with Crippen molar-refractivity contribution in [2.24, 2.45) is 7.05 Å². The highest BCUT2D eigenvalue weighted by atomic mass is 16.5. The fraction of sp³-hybridized carbons (Fsp3) is 0.385. The van der Waals surface area contributed by atoms with Gasteiger partial charge in [0.1, 0.15) is 23.7 Å². The van der Waals surface area contributed by atoms with Crippen molar-refractivity contribution in [3.8, 4) is 17.3 Å². The third-order valence-electron chi connectivity index (χ3n) is 5.24. The number of oxazole rings is 1. The summed E-state index contributed by atoms with van der Waals surface area (Å²) in [5, 5.41) is 4.18. The Morgan fingerprint density at radius 3 is 2.69 bits per heavy atom. The third-order valence-corrected chi connectivity index (χ3v) is 5.24. The second-order valence-corrected chi connectivity index (χ2v) is 7.94. The van der Waals surface area contributed by atoms with Gasteiger partial charge in [-0.3, -0.25) is 9.78 Å². The molecule has 0 bridgehead atoms. The van der Waals surface area contributed by atoms with Gasteiger partial charge < -0.3 is 23.4 Å². The van der Waals surface area contributed by atoms with Gasteiger partial charge in [-0.25, -0.2) is 9.67 Å². The van der Waals surface area contributed by atoms with Gasteiger partial charge in [0.2, 0.25) is 5.89 Å². The molecule has 0 aromatic carbocycles. The van der Waals surface area contributed by atoms with Crippen LogP contribution >= 0.6 is 0 Å². The van der Waals surface area contributed by atoms with E-state index < -0.39 is 0 Å². The summed E-state index contributed by atoms with van der Waals surface area (Å²) in [6, 6.07) is 6.77. The van der Waals surface area contributed by atoms with Gasteiger partial charge in [-0.05, 0) is 55.8 Å². The predicted molar refractivity (Wildman–Crippen MR) is 133 cm³/mol. The van der Waals surface area contributed by atoms with Crippen LogP contribution in [-0.4, -0.2) is 58.9 Å². The second kappa shape index (κ2) is 12.9. The molecular formula is C26H30N4O6. The van der Waals surface area contributed by atoms with Gasteiger partial charge in [0.25, 0.3) is 5.56 Å². The topological polar surface area (TPSA) is 111 Å². The van der Waals surface area contributed by atoms with E-state index in [1.54, 1.807) is 19.3 Å². The van der Waals surface area contributed by atoms with E-state index >= 15 is 0 Å². The number of hydrogen-bond acceptors (Lipinski definition) is 9. The van der Waals surface area contributed by atoms with Crippen molar-refractivity contribution >= 4 is 12.2 Å². The molecule has 1 aliphatic rings. The lowest BCUT2D eigenvalue weighted by Crippen LogP contribution is -2.18. The zero-order valence-corrected chi connectivity index (χ0v) is 20.5. The Kier molecular flexibility index (Phi) is 9.15. The highest BCUT2D eigenvalue weighted by molar-refractivity contribution is 5.65. The average molecular weight is 495 g/mol.